The zero-order chi connectivity index (χ0) is 17.5. The van der Waals surface area contributed by atoms with E-state index in [0.717, 1.165) is 16.9 Å². The Bertz CT molecular complexity index is 664. The van der Waals surface area contributed by atoms with Gasteiger partial charge in [0.1, 0.15) is 12.4 Å². The maximum absolute atomic E-state index is 12.5. The molecule has 0 aromatic heterocycles. The van der Waals surface area contributed by atoms with Gasteiger partial charge in [-0.1, -0.05) is 49.4 Å². The first-order valence-corrected chi connectivity index (χ1v) is 8.24. The molecule has 2 N–H and O–H groups in total. The number of hydrogen-bond acceptors (Lipinski definition) is 3. The van der Waals surface area contributed by atoms with Gasteiger partial charge >= 0.3 is 0 Å². The highest BCUT2D eigenvalue weighted by molar-refractivity contribution is 5.85. The van der Waals surface area contributed by atoms with Gasteiger partial charge in [0.2, 0.25) is 5.91 Å². The van der Waals surface area contributed by atoms with E-state index in [1.54, 1.807) is 11.9 Å². The van der Waals surface area contributed by atoms with Crippen molar-refractivity contribution in [1.82, 2.24) is 4.90 Å². The molecular weight excluding hydrogens is 336 g/mol. The fraction of sp³-hybridized carbons (Fsp3) is 0.350. The summed E-state index contributed by atoms with van der Waals surface area (Å²) in [5.41, 5.74) is 8.36. The number of carbonyl (C=O) groups is 1. The summed E-state index contributed by atoms with van der Waals surface area (Å²) in [5, 5.41) is 0. The molecule has 2 rings (SSSR count). The highest BCUT2D eigenvalue weighted by Crippen LogP contribution is 2.20. The van der Waals surface area contributed by atoms with Crippen LogP contribution < -0.4 is 10.5 Å². The number of rotatable bonds is 7. The topological polar surface area (TPSA) is 55.6 Å². The fourth-order valence-corrected chi connectivity index (χ4v) is 2.58. The van der Waals surface area contributed by atoms with Gasteiger partial charge in [-0.05, 0) is 30.2 Å². The predicted molar refractivity (Wildman–Crippen MR) is 104 cm³/mol. The first kappa shape index (κ1) is 21.0. The lowest BCUT2D eigenvalue weighted by molar-refractivity contribution is -0.134. The van der Waals surface area contributed by atoms with E-state index in [2.05, 4.69) is 0 Å². The van der Waals surface area contributed by atoms with Gasteiger partial charge in [-0.2, -0.15) is 0 Å². The summed E-state index contributed by atoms with van der Waals surface area (Å²) in [6, 6.07) is 17.3. The van der Waals surface area contributed by atoms with E-state index >= 15 is 0 Å². The number of aryl methyl sites for hydroxylation is 1. The zero-order valence-corrected chi connectivity index (χ0v) is 15.8. The van der Waals surface area contributed by atoms with Crippen LogP contribution in [0.5, 0.6) is 5.75 Å². The Hall–Kier alpha value is -2.04. The van der Waals surface area contributed by atoms with Crippen LogP contribution in [-0.2, 0) is 4.79 Å². The molecule has 0 aliphatic heterocycles. The number of hydrogen-bond donors (Lipinski definition) is 1. The third kappa shape index (κ3) is 6.07. The van der Waals surface area contributed by atoms with E-state index in [0.29, 0.717) is 13.2 Å². The molecule has 2 aromatic rings. The van der Waals surface area contributed by atoms with Gasteiger partial charge in [0.05, 0.1) is 12.5 Å². The molecule has 136 valence electrons. The largest absolute Gasteiger partial charge is 0.492 e. The number of carbonyl (C=O) groups excluding carboxylic acids is 1. The second-order valence-corrected chi connectivity index (χ2v) is 6.15. The molecule has 25 heavy (non-hydrogen) atoms. The summed E-state index contributed by atoms with van der Waals surface area (Å²) in [5.74, 6) is 0.570. The standard InChI is InChI=1S/C20H26N2O2.ClH/c1-15-8-7-11-18(14-15)24-13-12-22(3)20(23)16(2)19(21)17-9-5-4-6-10-17;/h4-11,14,16,19H,12-13,21H2,1-3H3;1H. The van der Waals surface area contributed by atoms with E-state index in [4.69, 9.17) is 10.5 Å². The second kappa shape index (κ2) is 10.1. The van der Waals surface area contributed by atoms with Crippen molar-refractivity contribution in [2.45, 2.75) is 19.9 Å². The molecule has 0 spiro atoms. The van der Waals surface area contributed by atoms with Crippen molar-refractivity contribution in [2.75, 3.05) is 20.2 Å². The number of benzene rings is 2. The van der Waals surface area contributed by atoms with Crippen molar-refractivity contribution in [3.63, 3.8) is 0 Å². The van der Waals surface area contributed by atoms with Gasteiger partial charge in [-0.15, -0.1) is 12.4 Å². The number of nitrogens with zero attached hydrogens (tertiary/aromatic N) is 1. The average molecular weight is 363 g/mol. The van der Waals surface area contributed by atoms with Crippen LogP contribution in [0.3, 0.4) is 0 Å². The number of amides is 1. The molecule has 2 unspecified atom stereocenters. The lowest BCUT2D eigenvalue weighted by atomic mass is 9.94. The van der Waals surface area contributed by atoms with E-state index in [-0.39, 0.29) is 30.3 Å². The molecule has 0 saturated carbocycles. The zero-order valence-electron chi connectivity index (χ0n) is 15.0. The van der Waals surface area contributed by atoms with Gasteiger partial charge in [0.15, 0.2) is 0 Å². The second-order valence-electron chi connectivity index (χ2n) is 6.15. The van der Waals surface area contributed by atoms with Crippen LogP contribution in [0.15, 0.2) is 54.6 Å². The normalized spacial score (nSPS) is 12.6. The van der Waals surface area contributed by atoms with Crippen LogP contribution in [0.4, 0.5) is 0 Å². The molecule has 5 heteroatoms. The highest BCUT2D eigenvalue weighted by Gasteiger charge is 2.24. The number of likely N-dealkylation sites (N-methyl/N-ethyl adjacent to an activating group) is 1. The minimum absolute atomic E-state index is 0. The first-order chi connectivity index (χ1) is 11.5. The van der Waals surface area contributed by atoms with E-state index in [1.165, 1.54) is 0 Å². The monoisotopic (exact) mass is 362 g/mol. The Morgan fingerprint density at radius 1 is 1.16 bits per heavy atom. The molecule has 2 aromatic carbocycles. The quantitative estimate of drug-likeness (QED) is 0.818. The van der Waals surface area contributed by atoms with Crippen molar-refractivity contribution in [1.29, 1.82) is 0 Å². The number of nitrogens with two attached hydrogens (primary N) is 1. The van der Waals surface area contributed by atoms with Crippen LogP contribution in [0.2, 0.25) is 0 Å². The number of ether oxygens (including phenoxy) is 1. The lowest BCUT2D eigenvalue weighted by Gasteiger charge is -2.25. The van der Waals surface area contributed by atoms with Crippen molar-refractivity contribution >= 4 is 18.3 Å². The molecule has 0 bridgehead atoms. The Labute approximate surface area is 156 Å². The van der Waals surface area contributed by atoms with Gasteiger partial charge < -0.3 is 15.4 Å². The van der Waals surface area contributed by atoms with Crippen LogP contribution >= 0.6 is 12.4 Å². The fourth-order valence-electron chi connectivity index (χ4n) is 2.58. The van der Waals surface area contributed by atoms with Crippen molar-refractivity contribution in [2.24, 2.45) is 11.7 Å². The Kier molecular flexibility index (Phi) is 8.46. The molecule has 0 aliphatic carbocycles. The minimum Gasteiger partial charge on any atom is -0.492 e. The summed E-state index contributed by atoms with van der Waals surface area (Å²) < 4.78 is 5.71. The Morgan fingerprint density at radius 2 is 1.84 bits per heavy atom. The summed E-state index contributed by atoms with van der Waals surface area (Å²) in [6.07, 6.45) is 0. The molecule has 0 saturated heterocycles. The van der Waals surface area contributed by atoms with E-state index in [1.807, 2.05) is 68.4 Å². The molecule has 0 aliphatic rings. The Balaban J connectivity index is 0.00000312. The third-order valence-electron chi connectivity index (χ3n) is 4.17. The van der Waals surface area contributed by atoms with E-state index < -0.39 is 0 Å². The summed E-state index contributed by atoms with van der Waals surface area (Å²) in [4.78, 5) is 14.2. The van der Waals surface area contributed by atoms with Crippen molar-refractivity contribution in [3.8, 4) is 5.75 Å². The van der Waals surface area contributed by atoms with Gasteiger partial charge in [-0.25, -0.2) is 0 Å². The molecule has 4 nitrogen and oxygen atoms in total. The smallest absolute Gasteiger partial charge is 0.227 e. The van der Waals surface area contributed by atoms with Crippen LogP contribution in [0.25, 0.3) is 0 Å². The lowest BCUT2D eigenvalue weighted by Crippen LogP contribution is -2.39. The SMILES string of the molecule is Cc1cccc(OCCN(C)C(=O)C(C)C(N)c2ccccc2)c1.Cl. The van der Waals surface area contributed by atoms with Gasteiger partial charge in [0.25, 0.3) is 0 Å². The maximum atomic E-state index is 12.5. The van der Waals surface area contributed by atoms with Crippen molar-refractivity contribution in [3.05, 3.63) is 65.7 Å². The molecule has 1 amide bonds. The number of halogens is 1. The van der Waals surface area contributed by atoms with E-state index in [9.17, 15) is 4.79 Å². The molecule has 0 radical (unpaired) electrons. The Morgan fingerprint density at radius 3 is 2.48 bits per heavy atom. The molecule has 0 heterocycles. The van der Waals surface area contributed by atoms with Crippen molar-refractivity contribution < 1.29 is 9.53 Å². The van der Waals surface area contributed by atoms with Crippen LogP contribution in [-0.4, -0.2) is 31.0 Å². The summed E-state index contributed by atoms with van der Waals surface area (Å²) in [6.45, 7) is 4.88. The maximum Gasteiger partial charge on any atom is 0.227 e. The summed E-state index contributed by atoms with van der Waals surface area (Å²) >= 11 is 0. The third-order valence-corrected chi connectivity index (χ3v) is 4.17. The minimum atomic E-state index is -0.307. The predicted octanol–water partition coefficient (Wildman–Crippen LogP) is 3.59. The average Bonchev–Trinajstić information content (AvgIpc) is 2.60. The molecule has 0 fully saturated rings. The molecular formula is C20H27ClN2O2. The first-order valence-electron chi connectivity index (χ1n) is 8.24. The van der Waals surface area contributed by atoms with Crippen LogP contribution in [0.1, 0.15) is 24.1 Å². The van der Waals surface area contributed by atoms with Crippen LogP contribution in [0, 0.1) is 12.8 Å². The van der Waals surface area contributed by atoms with Gasteiger partial charge in [0, 0.05) is 13.1 Å². The molecule has 2 atom stereocenters. The summed E-state index contributed by atoms with van der Waals surface area (Å²) in [7, 11) is 1.79. The highest BCUT2D eigenvalue weighted by atomic mass is 35.5. The van der Waals surface area contributed by atoms with Gasteiger partial charge in [-0.3, -0.25) is 4.79 Å².